The number of rotatable bonds is 28. The molecule has 34 heavy (non-hydrogen) atoms. The Hall–Kier alpha value is -1.10. The van der Waals surface area contributed by atoms with Crippen LogP contribution >= 0.6 is 0 Å². The van der Waals surface area contributed by atoms with Gasteiger partial charge < -0.3 is 42.0 Å². The van der Waals surface area contributed by atoms with E-state index in [-0.39, 0.29) is 11.7 Å². The number of nitrogens with one attached hydrogen (secondary N) is 7. The van der Waals surface area contributed by atoms with Crippen LogP contribution in [0.15, 0.2) is 0 Å². The van der Waals surface area contributed by atoms with Crippen molar-refractivity contribution in [3.05, 3.63) is 0 Å². The van der Waals surface area contributed by atoms with Crippen LogP contribution in [0.3, 0.4) is 0 Å². The molecule has 0 rings (SSSR count). The maximum absolute atomic E-state index is 10.8. The molecule has 1 amide bonds. The first kappa shape index (κ1) is 32.9. The molecule has 202 valence electrons. The molecular formula is C25H55N7O2. The molecular weight excluding hydrogens is 430 g/mol. The van der Waals surface area contributed by atoms with Gasteiger partial charge in [0, 0.05) is 65.7 Å². The zero-order valence-corrected chi connectivity index (χ0v) is 22.2. The number of unbranched alkanes of at least 4 members (excludes halogenated alkanes) is 4. The Labute approximate surface area is 209 Å². The van der Waals surface area contributed by atoms with Crippen LogP contribution in [0.5, 0.6) is 0 Å². The SMILES string of the molecule is CC(=O)CCCNCCNCCNCCCCCNCCCCCNCCNCCNC(C)=O. The van der Waals surface area contributed by atoms with Gasteiger partial charge in [-0.1, -0.05) is 12.8 Å². The van der Waals surface area contributed by atoms with Gasteiger partial charge in [-0.25, -0.2) is 0 Å². The van der Waals surface area contributed by atoms with Crippen LogP contribution in [-0.4, -0.2) is 96.8 Å². The molecule has 9 heteroatoms. The predicted molar refractivity (Wildman–Crippen MR) is 144 cm³/mol. The molecule has 0 aliphatic heterocycles. The van der Waals surface area contributed by atoms with Crippen molar-refractivity contribution in [2.24, 2.45) is 0 Å². The van der Waals surface area contributed by atoms with Crippen molar-refractivity contribution >= 4 is 11.7 Å². The van der Waals surface area contributed by atoms with Crippen LogP contribution < -0.4 is 37.2 Å². The smallest absolute Gasteiger partial charge is 0.216 e. The number of ketones is 1. The van der Waals surface area contributed by atoms with Gasteiger partial charge in [0.25, 0.3) is 0 Å². The summed E-state index contributed by atoms with van der Waals surface area (Å²) in [5, 5.41) is 23.4. The van der Waals surface area contributed by atoms with Gasteiger partial charge in [-0.05, 0) is 71.8 Å². The van der Waals surface area contributed by atoms with E-state index in [1.807, 2.05) is 0 Å². The van der Waals surface area contributed by atoms with Crippen molar-refractivity contribution in [1.82, 2.24) is 37.2 Å². The lowest BCUT2D eigenvalue weighted by Gasteiger charge is -2.08. The molecule has 0 saturated heterocycles. The number of carbonyl (C=O) groups is 2. The predicted octanol–water partition coefficient (Wildman–Crippen LogP) is 0.370. The first-order valence-corrected chi connectivity index (χ1v) is 13.6. The Morgan fingerprint density at radius 1 is 0.412 bits per heavy atom. The van der Waals surface area contributed by atoms with Crippen LogP contribution in [0.25, 0.3) is 0 Å². The minimum Gasteiger partial charge on any atom is -0.355 e. The zero-order valence-electron chi connectivity index (χ0n) is 22.2. The maximum Gasteiger partial charge on any atom is 0.216 e. The van der Waals surface area contributed by atoms with E-state index in [0.717, 1.165) is 85.0 Å². The summed E-state index contributed by atoms with van der Waals surface area (Å²) in [7, 11) is 0. The van der Waals surface area contributed by atoms with Crippen molar-refractivity contribution in [3.8, 4) is 0 Å². The van der Waals surface area contributed by atoms with Gasteiger partial charge in [-0.3, -0.25) is 4.79 Å². The lowest BCUT2D eigenvalue weighted by molar-refractivity contribution is -0.119. The first-order valence-electron chi connectivity index (χ1n) is 13.6. The van der Waals surface area contributed by atoms with Crippen LogP contribution in [0.4, 0.5) is 0 Å². The molecule has 0 bridgehead atoms. The van der Waals surface area contributed by atoms with Crippen LogP contribution in [0.1, 0.15) is 65.2 Å². The zero-order chi connectivity index (χ0) is 25.0. The summed E-state index contributed by atoms with van der Waals surface area (Å²) in [6.07, 6.45) is 9.14. The van der Waals surface area contributed by atoms with Gasteiger partial charge in [0.15, 0.2) is 0 Å². The van der Waals surface area contributed by atoms with Gasteiger partial charge in [0.1, 0.15) is 5.78 Å². The molecule has 0 heterocycles. The van der Waals surface area contributed by atoms with E-state index >= 15 is 0 Å². The first-order chi connectivity index (χ1) is 16.6. The molecule has 0 radical (unpaired) electrons. The molecule has 7 N–H and O–H groups in total. The third-order valence-corrected chi connectivity index (χ3v) is 5.41. The van der Waals surface area contributed by atoms with Crippen molar-refractivity contribution in [3.63, 3.8) is 0 Å². The highest BCUT2D eigenvalue weighted by molar-refractivity contribution is 5.75. The van der Waals surface area contributed by atoms with Crippen LogP contribution in [0, 0.1) is 0 Å². The van der Waals surface area contributed by atoms with Crippen molar-refractivity contribution in [2.75, 3.05) is 85.1 Å². The minimum atomic E-state index is 0.0293. The summed E-state index contributed by atoms with van der Waals surface area (Å²) < 4.78 is 0. The standard InChI is InChI=1S/C25H55N7O2/c1-24(33)10-9-15-29-18-20-30-19-16-27-13-7-3-5-11-26-12-6-4-8-14-28-17-21-31-22-23-32-25(2)34/h26-31H,3-23H2,1-2H3,(H,32,34). The van der Waals surface area contributed by atoms with E-state index in [0.29, 0.717) is 13.0 Å². The summed E-state index contributed by atoms with van der Waals surface area (Å²) in [5.74, 6) is 0.303. The molecule has 0 aromatic heterocycles. The molecule has 0 aromatic rings. The lowest BCUT2D eigenvalue weighted by atomic mass is 10.2. The van der Waals surface area contributed by atoms with Gasteiger partial charge in [-0.15, -0.1) is 0 Å². The van der Waals surface area contributed by atoms with Crippen molar-refractivity contribution in [1.29, 1.82) is 0 Å². The van der Waals surface area contributed by atoms with E-state index in [9.17, 15) is 9.59 Å². The Balaban J connectivity index is 3.03. The second kappa shape index (κ2) is 28.1. The van der Waals surface area contributed by atoms with E-state index in [2.05, 4.69) is 37.2 Å². The van der Waals surface area contributed by atoms with Crippen LogP contribution in [0.2, 0.25) is 0 Å². The molecule has 0 atom stereocenters. The number of hydrogen-bond donors (Lipinski definition) is 7. The minimum absolute atomic E-state index is 0.0293. The van der Waals surface area contributed by atoms with Crippen molar-refractivity contribution < 1.29 is 9.59 Å². The molecule has 0 aliphatic carbocycles. The summed E-state index contributed by atoms with van der Waals surface area (Å²) in [5.41, 5.74) is 0. The lowest BCUT2D eigenvalue weighted by Crippen LogP contribution is -2.34. The second-order valence-electron chi connectivity index (χ2n) is 8.91. The summed E-state index contributed by atoms with van der Waals surface area (Å²) in [6, 6.07) is 0. The average molecular weight is 486 g/mol. The maximum atomic E-state index is 10.8. The Morgan fingerprint density at radius 2 is 0.735 bits per heavy atom. The van der Waals surface area contributed by atoms with Crippen molar-refractivity contribution in [2.45, 2.75) is 65.2 Å². The fraction of sp³-hybridized carbons (Fsp3) is 0.920. The van der Waals surface area contributed by atoms with Crippen LogP contribution in [-0.2, 0) is 9.59 Å². The fourth-order valence-electron chi connectivity index (χ4n) is 3.42. The molecule has 9 nitrogen and oxygen atoms in total. The molecule has 0 fully saturated rings. The average Bonchev–Trinajstić information content (AvgIpc) is 2.80. The number of hydrogen-bond acceptors (Lipinski definition) is 8. The monoisotopic (exact) mass is 485 g/mol. The Bertz CT molecular complexity index is 413. The molecule has 0 aromatic carbocycles. The molecule has 0 aliphatic rings. The van der Waals surface area contributed by atoms with E-state index in [1.54, 1.807) is 13.8 Å². The number of carbonyl (C=O) groups excluding carboxylic acids is 2. The second-order valence-corrected chi connectivity index (χ2v) is 8.91. The molecule has 0 unspecified atom stereocenters. The van der Waals surface area contributed by atoms with Gasteiger partial charge in [0.2, 0.25) is 5.91 Å². The van der Waals surface area contributed by atoms with E-state index < -0.39 is 0 Å². The molecule has 0 spiro atoms. The normalized spacial score (nSPS) is 11.1. The van der Waals surface area contributed by atoms with Gasteiger partial charge >= 0.3 is 0 Å². The Kier molecular flexibility index (Phi) is 27.2. The van der Waals surface area contributed by atoms with E-state index in [1.165, 1.54) is 38.5 Å². The largest absolute Gasteiger partial charge is 0.355 e. The highest BCUT2D eigenvalue weighted by atomic mass is 16.1. The number of Topliss-reactive ketones (excluding diaryl/α,β-unsaturated/α-hetero) is 1. The molecule has 0 saturated carbocycles. The quantitative estimate of drug-likeness (QED) is 0.0795. The third kappa shape index (κ3) is 30.9. The summed E-state index contributed by atoms with van der Waals surface area (Å²) >= 11 is 0. The highest BCUT2D eigenvalue weighted by Crippen LogP contribution is 1.95. The summed E-state index contributed by atoms with van der Waals surface area (Å²) in [6.45, 7) is 15.9. The number of amides is 1. The topological polar surface area (TPSA) is 118 Å². The fourth-order valence-corrected chi connectivity index (χ4v) is 3.42. The third-order valence-electron chi connectivity index (χ3n) is 5.41. The highest BCUT2D eigenvalue weighted by Gasteiger charge is 1.95. The summed E-state index contributed by atoms with van der Waals surface area (Å²) in [4.78, 5) is 21.6. The van der Waals surface area contributed by atoms with Gasteiger partial charge in [0.05, 0.1) is 0 Å². The Morgan fingerprint density at radius 3 is 1.12 bits per heavy atom. The van der Waals surface area contributed by atoms with E-state index in [4.69, 9.17) is 0 Å². The van der Waals surface area contributed by atoms with Gasteiger partial charge in [-0.2, -0.15) is 0 Å².